The third-order valence-electron chi connectivity index (χ3n) is 2.06. The maximum atomic E-state index is 11.9. The highest BCUT2D eigenvalue weighted by atomic mass is 16.2. The molecule has 0 aromatic carbocycles. The number of pyridine rings is 1. The van der Waals surface area contributed by atoms with Crippen LogP contribution in [0.4, 0.5) is 0 Å². The zero-order valence-corrected chi connectivity index (χ0v) is 10.2. The summed E-state index contributed by atoms with van der Waals surface area (Å²) >= 11 is 0. The molecule has 0 fully saturated rings. The fourth-order valence-corrected chi connectivity index (χ4v) is 1.56. The van der Waals surface area contributed by atoms with Crippen molar-refractivity contribution in [2.75, 3.05) is 13.6 Å². The van der Waals surface area contributed by atoms with Crippen LogP contribution in [-0.2, 0) is 0 Å². The molecule has 1 heterocycles. The summed E-state index contributed by atoms with van der Waals surface area (Å²) in [6.07, 6.45) is 0. The summed E-state index contributed by atoms with van der Waals surface area (Å²) < 4.78 is 0. The molecule has 0 radical (unpaired) electrons. The van der Waals surface area contributed by atoms with E-state index < -0.39 is 0 Å². The summed E-state index contributed by atoms with van der Waals surface area (Å²) in [6, 6.07) is 4.58. The Balaban J connectivity index is 2.83. The molecule has 0 spiro atoms. The third-order valence-corrected chi connectivity index (χ3v) is 2.06. The first-order valence-electron chi connectivity index (χ1n) is 5.24. The van der Waals surface area contributed by atoms with Gasteiger partial charge in [0, 0.05) is 19.7 Å². The van der Waals surface area contributed by atoms with Crippen LogP contribution < -0.4 is 5.56 Å². The number of aromatic amines is 1. The summed E-state index contributed by atoms with van der Waals surface area (Å²) in [7, 11) is 1.74. The Morgan fingerprint density at radius 1 is 1.38 bits per heavy atom. The van der Waals surface area contributed by atoms with E-state index in [1.165, 1.54) is 6.07 Å². The normalized spacial score (nSPS) is 11.2. The topological polar surface area (TPSA) is 53.2 Å². The number of aromatic nitrogens is 1. The fraction of sp³-hybridized carbons (Fsp3) is 0.500. The third kappa shape index (κ3) is 3.53. The first-order chi connectivity index (χ1) is 7.29. The van der Waals surface area contributed by atoms with Crippen LogP contribution in [0.15, 0.2) is 23.0 Å². The molecule has 88 valence electrons. The van der Waals surface area contributed by atoms with Gasteiger partial charge >= 0.3 is 0 Å². The van der Waals surface area contributed by atoms with E-state index in [1.54, 1.807) is 24.1 Å². The van der Waals surface area contributed by atoms with Crippen molar-refractivity contribution in [2.45, 2.75) is 20.8 Å². The van der Waals surface area contributed by atoms with Crippen LogP contribution >= 0.6 is 0 Å². The number of H-pyrrole nitrogens is 1. The number of hydrogen-bond acceptors (Lipinski definition) is 2. The number of hydrogen-bond donors (Lipinski definition) is 1. The first kappa shape index (κ1) is 12.5. The van der Waals surface area contributed by atoms with Crippen molar-refractivity contribution in [3.63, 3.8) is 0 Å². The maximum absolute atomic E-state index is 11.9. The Bertz CT molecular complexity index is 429. The van der Waals surface area contributed by atoms with Crippen molar-refractivity contribution in [2.24, 2.45) is 5.41 Å². The lowest BCUT2D eigenvalue weighted by atomic mass is 9.96. The molecule has 0 unspecified atom stereocenters. The van der Waals surface area contributed by atoms with Gasteiger partial charge in [0.25, 0.3) is 5.91 Å². The Hall–Kier alpha value is -1.58. The van der Waals surface area contributed by atoms with Gasteiger partial charge in [0.05, 0.1) is 0 Å². The molecule has 16 heavy (non-hydrogen) atoms. The van der Waals surface area contributed by atoms with Gasteiger partial charge in [0.2, 0.25) is 5.56 Å². The molecule has 0 bridgehead atoms. The van der Waals surface area contributed by atoms with Crippen molar-refractivity contribution in [1.82, 2.24) is 9.88 Å². The van der Waals surface area contributed by atoms with E-state index >= 15 is 0 Å². The first-order valence-corrected chi connectivity index (χ1v) is 5.24. The fourth-order valence-electron chi connectivity index (χ4n) is 1.56. The van der Waals surface area contributed by atoms with Crippen LogP contribution in [-0.4, -0.2) is 29.4 Å². The highest BCUT2D eigenvalue weighted by Crippen LogP contribution is 2.15. The number of carbonyl (C=O) groups is 1. The minimum absolute atomic E-state index is 0.0412. The Morgan fingerprint density at radius 3 is 2.50 bits per heavy atom. The van der Waals surface area contributed by atoms with Crippen LogP contribution in [0.2, 0.25) is 0 Å². The summed E-state index contributed by atoms with van der Waals surface area (Å²) in [5.74, 6) is -0.160. The van der Waals surface area contributed by atoms with E-state index in [1.807, 2.05) is 0 Å². The van der Waals surface area contributed by atoms with Gasteiger partial charge < -0.3 is 9.88 Å². The zero-order valence-electron chi connectivity index (χ0n) is 10.2. The molecule has 0 atom stereocenters. The standard InChI is InChI=1S/C12H18N2O2/c1-12(2,3)8-14(4)11(16)9-6-5-7-10(15)13-9/h5-7H,8H2,1-4H3,(H,13,15). The summed E-state index contributed by atoms with van der Waals surface area (Å²) in [6.45, 7) is 6.82. The second-order valence-electron chi connectivity index (χ2n) is 5.15. The van der Waals surface area contributed by atoms with Gasteiger partial charge in [-0.05, 0) is 11.5 Å². The summed E-state index contributed by atoms with van der Waals surface area (Å²) in [5, 5.41) is 0. The van der Waals surface area contributed by atoms with E-state index in [-0.39, 0.29) is 16.9 Å². The molecule has 4 nitrogen and oxygen atoms in total. The molecule has 0 saturated carbocycles. The second kappa shape index (κ2) is 4.51. The SMILES string of the molecule is CN(CC(C)(C)C)C(=O)c1cccc(=O)[nH]1. The monoisotopic (exact) mass is 222 g/mol. The average molecular weight is 222 g/mol. The smallest absolute Gasteiger partial charge is 0.270 e. The molecule has 1 N–H and O–H groups in total. The molecule has 1 amide bonds. The van der Waals surface area contributed by atoms with Crippen molar-refractivity contribution in [1.29, 1.82) is 0 Å². The van der Waals surface area contributed by atoms with Crippen LogP contribution in [0.5, 0.6) is 0 Å². The predicted octanol–water partition coefficient (Wildman–Crippen LogP) is 1.49. The molecule has 0 aliphatic carbocycles. The predicted molar refractivity (Wildman–Crippen MR) is 63.5 cm³/mol. The van der Waals surface area contributed by atoms with Gasteiger partial charge in [-0.3, -0.25) is 9.59 Å². The second-order valence-corrected chi connectivity index (χ2v) is 5.15. The summed E-state index contributed by atoms with van der Waals surface area (Å²) in [5.41, 5.74) is 0.119. The van der Waals surface area contributed by atoms with Gasteiger partial charge in [-0.25, -0.2) is 0 Å². The largest absolute Gasteiger partial charge is 0.340 e. The quantitative estimate of drug-likeness (QED) is 0.824. The highest BCUT2D eigenvalue weighted by molar-refractivity contribution is 5.92. The van der Waals surface area contributed by atoms with Gasteiger partial charge in [-0.1, -0.05) is 26.8 Å². The van der Waals surface area contributed by atoms with Crippen molar-refractivity contribution in [3.05, 3.63) is 34.2 Å². The highest BCUT2D eigenvalue weighted by Gasteiger charge is 2.19. The number of rotatable bonds is 2. The number of amides is 1. The lowest BCUT2D eigenvalue weighted by molar-refractivity contribution is 0.0739. The van der Waals surface area contributed by atoms with Gasteiger partial charge in [0.15, 0.2) is 0 Å². The summed E-state index contributed by atoms with van der Waals surface area (Å²) in [4.78, 5) is 27.1. The molecular formula is C12H18N2O2. The van der Waals surface area contributed by atoms with Crippen molar-refractivity contribution in [3.8, 4) is 0 Å². The van der Waals surface area contributed by atoms with Crippen molar-refractivity contribution < 1.29 is 4.79 Å². The molecule has 0 aliphatic rings. The van der Waals surface area contributed by atoms with E-state index in [0.717, 1.165) is 0 Å². The van der Waals surface area contributed by atoms with Crippen LogP contribution in [0.1, 0.15) is 31.3 Å². The molecule has 1 rings (SSSR count). The Labute approximate surface area is 95.3 Å². The minimum atomic E-state index is -0.255. The van der Waals surface area contributed by atoms with Crippen molar-refractivity contribution >= 4 is 5.91 Å². The molecule has 4 heteroatoms. The zero-order chi connectivity index (χ0) is 12.3. The van der Waals surface area contributed by atoms with Gasteiger partial charge in [0.1, 0.15) is 5.69 Å². The average Bonchev–Trinajstić information content (AvgIpc) is 2.14. The molecular weight excluding hydrogens is 204 g/mol. The van der Waals surface area contributed by atoms with Gasteiger partial charge in [-0.15, -0.1) is 0 Å². The number of carbonyl (C=O) groups excluding carboxylic acids is 1. The number of nitrogens with one attached hydrogen (secondary N) is 1. The maximum Gasteiger partial charge on any atom is 0.270 e. The minimum Gasteiger partial charge on any atom is -0.340 e. The molecule has 1 aromatic heterocycles. The Kier molecular flexibility index (Phi) is 3.52. The van der Waals surface area contributed by atoms with E-state index in [4.69, 9.17) is 0 Å². The van der Waals surface area contributed by atoms with Gasteiger partial charge in [-0.2, -0.15) is 0 Å². The molecule has 0 aliphatic heterocycles. The van der Waals surface area contributed by atoms with Crippen LogP contribution in [0.3, 0.4) is 0 Å². The van der Waals surface area contributed by atoms with Crippen LogP contribution in [0, 0.1) is 5.41 Å². The van der Waals surface area contributed by atoms with E-state index in [0.29, 0.717) is 12.2 Å². The molecule has 1 aromatic rings. The Morgan fingerprint density at radius 2 is 2.00 bits per heavy atom. The lowest BCUT2D eigenvalue weighted by Crippen LogP contribution is -2.35. The number of nitrogens with zero attached hydrogens (tertiary/aromatic N) is 1. The lowest BCUT2D eigenvalue weighted by Gasteiger charge is -2.26. The van der Waals surface area contributed by atoms with Crippen LogP contribution in [0.25, 0.3) is 0 Å². The van der Waals surface area contributed by atoms with E-state index in [9.17, 15) is 9.59 Å². The van der Waals surface area contributed by atoms with E-state index in [2.05, 4.69) is 25.8 Å². The molecule has 0 saturated heterocycles.